The third kappa shape index (κ3) is 4.20. The second-order valence-electron chi connectivity index (χ2n) is 8.10. The molecule has 1 aliphatic rings. The summed E-state index contributed by atoms with van der Waals surface area (Å²) in [6.07, 6.45) is 3.11. The monoisotopic (exact) mass is 423 g/mol. The van der Waals surface area contributed by atoms with E-state index in [-0.39, 0.29) is 17.3 Å². The summed E-state index contributed by atoms with van der Waals surface area (Å²) in [5, 5.41) is 2.45. The van der Waals surface area contributed by atoms with Crippen molar-refractivity contribution in [2.24, 2.45) is 5.92 Å². The van der Waals surface area contributed by atoms with Crippen molar-refractivity contribution in [3.8, 4) is 0 Å². The van der Waals surface area contributed by atoms with Gasteiger partial charge in [-0.05, 0) is 49.4 Å². The smallest absolute Gasteiger partial charge is 0.269 e. The van der Waals surface area contributed by atoms with Crippen molar-refractivity contribution < 1.29 is 9.18 Å². The van der Waals surface area contributed by atoms with Crippen molar-refractivity contribution in [1.29, 1.82) is 0 Å². The molecule has 1 amide bonds. The standard InChI is InChI=1S/C23H26FN5O2/c1-4-15-8-19-20(28-22(15)30)9-17(10-26-19)13(2)29-11-14(12-29)7-16-5-6-18(23(31)25-3)27-21(16)24/h5-6,8-10,13-14H,4,7,11-12H2,1-3H3,(H,25,31)(H,28,30)/t13-/m0/s1. The first-order chi connectivity index (χ1) is 14.9. The van der Waals surface area contributed by atoms with Crippen molar-refractivity contribution in [1.82, 2.24) is 25.2 Å². The van der Waals surface area contributed by atoms with Crippen molar-refractivity contribution in [2.45, 2.75) is 32.7 Å². The molecule has 1 saturated heterocycles. The highest BCUT2D eigenvalue weighted by atomic mass is 19.1. The van der Waals surface area contributed by atoms with Crippen LogP contribution in [-0.4, -0.2) is 45.9 Å². The van der Waals surface area contributed by atoms with Crippen molar-refractivity contribution in [2.75, 3.05) is 20.1 Å². The molecule has 3 aromatic rings. The number of fused-ring (bicyclic) bond motifs is 1. The molecule has 0 spiro atoms. The minimum Gasteiger partial charge on any atom is -0.354 e. The minimum absolute atomic E-state index is 0.0660. The quantitative estimate of drug-likeness (QED) is 0.595. The lowest BCUT2D eigenvalue weighted by atomic mass is 9.90. The molecule has 4 heterocycles. The van der Waals surface area contributed by atoms with E-state index in [1.54, 1.807) is 12.1 Å². The van der Waals surface area contributed by atoms with Gasteiger partial charge < -0.3 is 10.3 Å². The molecule has 8 heteroatoms. The Morgan fingerprint density at radius 2 is 2.10 bits per heavy atom. The Labute approximate surface area is 179 Å². The fourth-order valence-corrected chi connectivity index (χ4v) is 4.08. The second kappa shape index (κ2) is 8.55. The van der Waals surface area contributed by atoms with Crippen molar-refractivity contribution >= 4 is 16.9 Å². The highest BCUT2D eigenvalue weighted by Gasteiger charge is 2.32. The maximum atomic E-state index is 14.3. The van der Waals surface area contributed by atoms with Crippen LogP contribution in [0.1, 0.15) is 47.1 Å². The van der Waals surface area contributed by atoms with E-state index >= 15 is 0 Å². The van der Waals surface area contributed by atoms with Crippen LogP contribution in [0, 0.1) is 11.9 Å². The molecule has 0 bridgehead atoms. The first-order valence-corrected chi connectivity index (χ1v) is 10.5. The third-order valence-electron chi connectivity index (χ3n) is 6.08. The first kappa shape index (κ1) is 21.1. The summed E-state index contributed by atoms with van der Waals surface area (Å²) in [5.74, 6) is -0.656. The highest BCUT2D eigenvalue weighted by Crippen LogP contribution is 2.31. The number of halogens is 1. The number of aromatic amines is 1. The van der Waals surface area contributed by atoms with Crippen LogP contribution in [-0.2, 0) is 12.8 Å². The number of nitrogens with one attached hydrogen (secondary N) is 2. The van der Waals surface area contributed by atoms with Gasteiger partial charge in [0.25, 0.3) is 11.5 Å². The number of carbonyl (C=O) groups is 1. The summed E-state index contributed by atoms with van der Waals surface area (Å²) in [4.78, 5) is 37.2. The van der Waals surface area contributed by atoms with Crippen molar-refractivity contribution in [3.05, 3.63) is 69.1 Å². The van der Waals surface area contributed by atoms with E-state index in [4.69, 9.17) is 0 Å². The summed E-state index contributed by atoms with van der Waals surface area (Å²) in [6.45, 7) is 5.73. The molecule has 0 aromatic carbocycles. The van der Waals surface area contributed by atoms with Gasteiger partial charge >= 0.3 is 0 Å². The van der Waals surface area contributed by atoms with Gasteiger partial charge in [-0.15, -0.1) is 0 Å². The van der Waals surface area contributed by atoms with E-state index in [1.165, 1.54) is 7.05 Å². The number of nitrogens with zero attached hydrogens (tertiary/aromatic N) is 3. The molecule has 162 valence electrons. The molecule has 1 atom stereocenters. The first-order valence-electron chi connectivity index (χ1n) is 10.5. The largest absolute Gasteiger partial charge is 0.354 e. The SMILES string of the molecule is CCc1cc2ncc([C@H](C)N3CC(Cc4ccc(C(=O)NC)nc4F)C3)cc2[nH]c1=O. The number of aryl methyl sites for hydroxylation is 1. The van der Waals surface area contributed by atoms with Crippen LogP contribution >= 0.6 is 0 Å². The predicted octanol–water partition coefficient (Wildman–Crippen LogP) is 2.61. The Balaban J connectivity index is 1.41. The fourth-order valence-electron chi connectivity index (χ4n) is 4.08. The zero-order chi connectivity index (χ0) is 22.1. The molecule has 2 N–H and O–H groups in total. The number of pyridine rings is 3. The van der Waals surface area contributed by atoms with Crippen molar-refractivity contribution in [3.63, 3.8) is 0 Å². The van der Waals surface area contributed by atoms with Crippen LogP contribution in [0.2, 0.25) is 0 Å². The second-order valence-corrected chi connectivity index (χ2v) is 8.10. The highest BCUT2D eigenvalue weighted by molar-refractivity contribution is 5.91. The zero-order valence-electron chi connectivity index (χ0n) is 17.9. The molecule has 3 aromatic heterocycles. The summed E-state index contributed by atoms with van der Waals surface area (Å²) in [6, 6.07) is 7.18. The van der Waals surface area contributed by atoms with Gasteiger partial charge in [0.05, 0.1) is 11.0 Å². The lowest BCUT2D eigenvalue weighted by Crippen LogP contribution is -2.48. The molecule has 1 aliphatic heterocycles. The molecular formula is C23H26FN5O2. The Morgan fingerprint density at radius 1 is 1.32 bits per heavy atom. The summed E-state index contributed by atoms with van der Waals surface area (Å²) in [7, 11) is 1.49. The lowest BCUT2D eigenvalue weighted by molar-refractivity contribution is 0.0593. The molecule has 1 fully saturated rings. The van der Waals surface area contributed by atoms with E-state index in [0.717, 1.165) is 35.2 Å². The number of amides is 1. The Hall–Kier alpha value is -3.13. The van der Waals surface area contributed by atoms with Crippen LogP contribution in [0.25, 0.3) is 11.0 Å². The number of hydrogen-bond acceptors (Lipinski definition) is 5. The van der Waals surface area contributed by atoms with Gasteiger partial charge in [-0.1, -0.05) is 13.0 Å². The van der Waals surface area contributed by atoms with Crippen LogP contribution in [0.4, 0.5) is 4.39 Å². The Kier molecular flexibility index (Phi) is 5.82. The number of carbonyl (C=O) groups excluding carboxylic acids is 1. The summed E-state index contributed by atoms with van der Waals surface area (Å²) < 4.78 is 14.3. The predicted molar refractivity (Wildman–Crippen MR) is 117 cm³/mol. The van der Waals surface area contributed by atoms with Crippen LogP contribution in [0.3, 0.4) is 0 Å². The third-order valence-corrected chi connectivity index (χ3v) is 6.08. The number of H-pyrrole nitrogens is 1. The maximum absolute atomic E-state index is 14.3. The van der Waals surface area contributed by atoms with Gasteiger partial charge in [0, 0.05) is 43.5 Å². The molecule has 0 unspecified atom stereocenters. The lowest BCUT2D eigenvalue weighted by Gasteiger charge is -2.43. The average molecular weight is 423 g/mol. The molecule has 31 heavy (non-hydrogen) atoms. The molecule has 0 aliphatic carbocycles. The van der Waals surface area contributed by atoms with Gasteiger partial charge in [0.15, 0.2) is 0 Å². The van der Waals surface area contributed by atoms with Gasteiger partial charge in [-0.25, -0.2) is 4.98 Å². The van der Waals surface area contributed by atoms with Gasteiger partial charge in [0.2, 0.25) is 5.95 Å². The summed E-state index contributed by atoms with van der Waals surface area (Å²) >= 11 is 0. The number of rotatable bonds is 6. The molecule has 0 radical (unpaired) electrons. The zero-order valence-corrected chi connectivity index (χ0v) is 17.9. The van der Waals surface area contributed by atoms with E-state index in [1.807, 2.05) is 25.3 Å². The van der Waals surface area contributed by atoms with Crippen LogP contribution in [0.15, 0.2) is 35.3 Å². The van der Waals surface area contributed by atoms with Gasteiger partial charge in [-0.3, -0.25) is 19.5 Å². The van der Waals surface area contributed by atoms with E-state index < -0.39 is 11.9 Å². The topological polar surface area (TPSA) is 91.0 Å². The van der Waals surface area contributed by atoms with Crippen LogP contribution < -0.4 is 10.9 Å². The summed E-state index contributed by atoms with van der Waals surface area (Å²) in [5.41, 5.74) is 3.85. The van der Waals surface area contributed by atoms with E-state index in [0.29, 0.717) is 24.3 Å². The van der Waals surface area contributed by atoms with Gasteiger partial charge in [0.1, 0.15) is 5.69 Å². The molecule has 0 saturated carbocycles. The number of likely N-dealkylation sites (tertiary alicyclic amines) is 1. The fraction of sp³-hybridized carbons (Fsp3) is 0.391. The average Bonchev–Trinajstić information content (AvgIpc) is 2.74. The Bertz CT molecular complexity index is 1190. The minimum atomic E-state index is -0.582. The molecule has 4 rings (SSSR count). The number of aromatic nitrogens is 3. The molecular weight excluding hydrogens is 397 g/mol. The van der Waals surface area contributed by atoms with E-state index in [9.17, 15) is 14.0 Å². The Morgan fingerprint density at radius 3 is 2.77 bits per heavy atom. The molecule has 7 nitrogen and oxygen atoms in total. The normalized spacial score (nSPS) is 15.6. The maximum Gasteiger partial charge on any atom is 0.269 e. The number of hydrogen-bond donors (Lipinski definition) is 2. The van der Waals surface area contributed by atoms with Gasteiger partial charge in [-0.2, -0.15) is 4.39 Å². The van der Waals surface area contributed by atoms with E-state index in [2.05, 4.69) is 32.1 Å². The van der Waals surface area contributed by atoms with Crippen LogP contribution in [0.5, 0.6) is 0 Å².